The molecule has 0 atom stereocenters. The summed E-state index contributed by atoms with van der Waals surface area (Å²) in [5.41, 5.74) is 1.79. The number of ether oxygens (including phenoxy) is 1. The Morgan fingerprint density at radius 1 is 1.00 bits per heavy atom. The van der Waals surface area contributed by atoms with E-state index >= 15 is 0 Å². The molecule has 0 unspecified atom stereocenters. The SMILES string of the molecule is CCCOc1oc2ccccc2c(=O)c1-c1ccccc1. The first-order chi connectivity index (χ1) is 10.3. The molecule has 0 aliphatic rings. The number of hydrogen-bond donors (Lipinski definition) is 0. The minimum atomic E-state index is -0.0610. The van der Waals surface area contributed by atoms with Gasteiger partial charge in [0, 0.05) is 0 Å². The van der Waals surface area contributed by atoms with Crippen LogP contribution in [0.1, 0.15) is 13.3 Å². The minimum Gasteiger partial charge on any atom is -0.465 e. The van der Waals surface area contributed by atoms with Crippen LogP contribution in [0.5, 0.6) is 5.95 Å². The molecule has 21 heavy (non-hydrogen) atoms. The van der Waals surface area contributed by atoms with Gasteiger partial charge in [-0.3, -0.25) is 4.79 Å². The number of para-hydroxylation sites is 1. The molecular weight excluding hydrogens is 264 g/mol. The summed E-state index contributed by atoms with van der Waals surface area (Å²) in [6, 6.07) is 16.7. The molecule has 0 N–H and O–H groups in total. The summed E-state index contributed by atoms with van der Waals surface area (Å²) in [7, 11) is 0. The maximum atomic E-state index is 12.8. The van der Waals surface area contributed by atoms with Crippen molar-refractivity contribution < 1.29 is 9.15 Å². The Bertz CT molecular complexity index is 804. The van der Waals surface area contributed by atoms with Crippen LogP contribution < -0.4 is 10.2 Å². The normalized spacial score (nSPS) is 10.7. The van der Waals surface area contributed by atoms with Gasteiger partial charge in [0.2, 0.25) is 5.43 Å². The van der Waals surface area contributed by atoms with Crippen LogP contribution >= 0.6 is 0 Å². The second-order valence-corrected chi connectivity index (χ2v) is 4.80. The highest BCUT2D eigenvalue weighted by Crippen LogP contribution is 2.30. The fraction of sp³-hybridized carbons (Fsp3) is 0.167. The average molecular weight is 280 g/mol. The molecule has 0 bridgehead atoms. The number of hydrogen-bond acceptors (Lipinski definition) is 3. The van der Waals surface area contributed by atoms with Gasteiger partial charge >= 0.3 is 0 Å². The summed E-state index contributed by atoms with van der Waals surface area (Å²) in [5, 5.41) is 0.570. The molecule has 1 heterocycles. The zero-order valence-electron chi connectivity index (χ0n) is 11.8. The molecule has 106 valence electrons. The first-order valence-corrected chi connectivity index (χ1v) is 7.05. The van der Waals surface area contributed by atoms with E-state index in [1.165, 1.54) is 0 Å². The summed E-state index contributed by atoms with van der Waals surface area (Å²) >= 11 is 0. The summed E-state index contributed by atoms with van der Waals surface area (Å²) in [4.78, 5) is 12.8. The molecular formula is C18H16O3. The Balaban J connectivity index is 2.29. The number of fused-ring (bicyclic) bond motifs is 1. The Labute approximate surface area is 122 Å². The van der Waals surface area contributed by atoms with Crippen molar-refractivity contribution in [3.05, 3.63) is 64.8 Å². The summed E-state index contributed by atoms with van der Waals surface area (Å²) in [6.45, 7) is 2.53. The third-order valence-corrected chi connectivity index (χ3v) is 3.27. The van der Waals surface area contributed by atoms with Crippen LogP contribution in [0.25, 0.3) is 22.1 Å². The van der Waals surface area contributed by atoms with Gasteiger partial charge in [0.05, 0.1) is 12.0 Å². The van der Waals surface area contributed by atoms with E-state index in [9.17, 15) is 4.79 Å². The Morgan fingerprint density at radius 3 is 2.48 bits per heavy atom. The van der Waals surface area contributed by atoms with Gasteiger partial charge < -0.3 is 9.15 Å². The van der Waals surface area contributed by atoms with Gasteiger partial charge in [0.15, 0.2) is 0 Å². The molecule has 0 saturated carbocycles. The van der Waals surface area contributed by atoms with Crippen molar-refractivity contribution >= 4 is 11.0 Å². The van der Waals surface area contributed by atoms with E-state index in [4.69, 9.17) is 9.15 Å². The lowest BCUT2D eigenvalue weighted by Crippen LogP contribution is -2.09. The fourth-order valence-electron chi connectivity index (χ4n) is 2.27. The van der Waals surface area contributed by atoms with Crippen molar-refractivity contribution in [2.24, 2.45) is 0 Å². The molecule has 0 saturated heterocycles. The smallest absolute Gasteiger partial charge is 0.297 e. The zero-order valence-corrected chi connectivity index (χ0v) is 11.8. The molecule has 3 aromatic rings. The van der Waals surface area contributed by atoms with E-state index in [0.717, 1.165) is 12.0 Å². The fourth-order valence-corrected chi connectivity index (χ4v) is 2.27. The Morgan fingerprint density at radius 2 is 1.71 bits per heavy atom. The predicted octanol–water partition coefficient (Wildman–Crippen LogP) is 4.25. The van der Waals surface area contributed by atoms with Gasteiger partial charge in [-0.05, 0) is 24.1 Å². The van der Waals surface area contributed by atoms with Gasteiger partial charge in [-0.1, -0.05) is 49.4 Å². The van der Waals surface area contributed by atoms with Crippen molar-refractivity contribution in [3.8, 4) is 17.1 Å². The van der Waals surface area contributed by atoms with Crippen LogP contribution in [0.4, 0.5) is 0 Å². The maximum absolute atomic E-state index is 12.8. The van der Waals surface area contributed by atoms with Crippen molar-refractivity contribution in [1.82, 2.24) is 0 Å². The van der Waals surface area contributed by atoms with Crippen LogP contribution in [0.15, 0.2) is 63.8 Å². The van der Waals surface area contributed by atoms with Crippen molar-refractivity contribution in [2.75, 3.05) is 6.61 Å². The molecule has 0 radical (unpaired) electrons. The lowest BCUT2D eigenvalue weighted by Gasteiger charge is -2.10. The molecule has 0 aliphatic carbocycles. The minimum absolute atomic E-state index is 0.0610. The summed E-state index contributed by atoms with van der Waals surface area (Å²) in [6.07, 6.45) is 0.852. The zero-order chi connectivity index (χ0) is 14.7. The van der Waals surface area contributed by atoms with E-state index in [2.05, 4.69) is 0 Å². The van der Waals surface area contributed by atoms with E-state index in [1.807, 2.05) is 49.4 Å². The molecule has 0 amide bonds. The van der Waals surface area contributed by atoms with Gasteiger partial charge in [0.1, 0.15) is 11.1 Å². The van der Waals surface area contributed by atoms with E-state index in [0.29, 0.717) is 29.1 Å². The topological polar surface area (TPSA) is 39.4 Å². The van der Waals surface area contributed by atoms with E-state index in [-0.39, 0.29) is 5.43 Å². The monoisotopic (exact) mass is 280 g/mol. The van der Waals surface area contributed by atoms with Crippen LogP contribution in [0, 0.1) is 0 Å². The molecule has 0 aliphatic heterocycles. The van der Waals surface area contributed by atoms with Crippen molar-refractivity contribution in [2.45, 2.75) is 13.3 Å². The predicted molar refractivity (Wildman–Crippen MR) is 83.7 cm³/mol. The summed E-state index contributed by atoms with van der Waals surface area (Å²) in [5.74, 6) is 0.298. The Kier molecular flexibility index (Phi) is 3.73. The Hall–Kier alpha value is -2.55. The van der Waals surface area contributed by atoms with Crippen molar-refractivity contribution in [1.29, 1.82) is 0 Å². The summed E-state index contributed by atoms with van der Waals surface area (Å²) < 4.78 is 11.5. The lowest BCUT2D eigenvalue weighted by molar-refractivity contribution is 0.248. The molecule has 0 spiro atoms. The maximum Gasteiger partial charge on any atom is 0.297 e. The first-order valence-electron chi connectivity index (χ1n) is 7.05. The van der Waals surface area contributed by atoms with Crippen LogP contribution in [0.3, 0.4) is 0 Å². The van der Waals surface area contributed by atoms with Gasteiger partial charge in [-0.2, -0.15) is 0 Å². The second kappa shape index (κ2) is 5.83. The van der Waals surface area contributed by atoms with Crippen LogP contribution in [-0.4, -0.2) is 6.61 Å². The molecule has 1 aromatic heterocycles. The highest BCUT2D eigenvalue weighted by Gasteiger charge is 2.17. The molecule has 3 nitrogen and oxygen atoms in total. The standard InChI is InChI=1S/C18H16O3/c1-2-12-20-18-16(13-8-4-3-5-9-13)17(19)14-10-6-7-11-15(14)21-18/h3-11H,2,12H2,1H3. The van der Waals surface area contributed by atoms with Gasteiger partial charge in [-0.25, -0.2) is 0 Å². The third kappa shape index (κ3) is 2.55. The largest absolute Gasteiger partial charge is 0.465 e. The number of benzene rings is 2. The van der Waals surface area contributed by atoms with Crippen molar-refractivity contribution in [3.63, 3.8) is 0 Å². The van der Waals surface area contributed by atoms with Gasteiger partial charge in [0.25, 0.3) is 5.95 Å². The van der Waals surface area contributed by atoms with Gasteiger partial charge in [-0.15, -0.1) is 0 Å². The molecule has 3 heteroatoms. The molecule has 3 rings (SSSR count). The van der Waals surface area contributed by atoms with Crippen LogP contribution in [-0.2, 0) is 0 Å². The van der Waals surface area contributed by atoms with Crippen LogP contribution in [0.2, 0.25) is 0 Å². The first kappa shape index (κ1) is 13.4. The molecule has 2 aromatic carbocycles. The van der Waals surface area contributed by atoms with E-state index in [1.54, 1.807) is 12.1 Å². The highest BCUT2D eigenvalue weighted by atomic mass is 16.6. The quantitative estimate of drug-likeness (QED) is 0.717. The average Bonchev–Trinajstić information content (AvgIpc) is 2.54. The number of rotatable bonds is 4. The third-order valence-electron chi connectivity index (χ3n) is 3.27. The second-order valence-electron chi connectivity index (χ2n) is 4.80. The molecule has 0 fully saturated rings. The highest BCUT2D eigenvalue weighted by molar-refractivity contribution is 5.83. The van der Waals surface area contributed by atoms with E-state index < -0.39 is 0 Å². The lowest BCUT2D eigenvalue weighted by atomic mass is 10.1.